The number of aromatic hydroxyl groups is 1. The van der Waals surface area contributed by atoms with Crippen molar-refractivity contribution in [2.75, 3.05) is 0 Å². The molecule has 21 heavy (non-hydrogen) atoms. The second kappa shape index (κ2) is 5.93. The smallest absolute Gasteiger partial charge is 0.347 e. The van der Waals surface area contributed by atoms with Gasteiger partial charge < -0.3 is 9.84 Å². The van der Waals surface area contributed by atoms with Crippen molar-refractivity contribution in [1.29, 1.82) is 0 Å². The maximum absolute atomic E-state index is 12.0. The van der Waals surface area contributed by atoms with Crippen LogP contribution in [0.25, 0.3) is 0 Å². The molecule has 2 aromatic carbocycles. The molecule has 0 unspecified atom stereocenters. The van der Waals surface area contributed by atoms with E-state index in [1.54, 1.807) is 18.2 Å². The molecule has 0 spiro atoms. The van der Waals surface area contributed by atoms with Crippen molar-refractivity contribution < 1.29 is 23.1 Å². The van der Waals surface area contributed by atoms with Gasteiger partial charge in [0.15, 0.2) is 0 Å². The quantitative estimate of drug-likeness (QED) is 0.524. The highest BCUT2D eigenvalue weighted by atomic mass is 35.7. The van der Waals surface area contributed by atoms with E-state index >= 15 is 0 Å². The van der Waals surface area contributed by atoms with E-state index < -0.39 is 31.2 Å². The van der Waals surface area contributed by atoms with Gasteiger partial charge in [-0.25, -0.2) is 13.2 Å². The number of carbonyl (C=O) groups excluding carboxylic acids is 1. The lowest BCUT2D eigenvalue weighted by Gasteiger charge is -2.09. The summed E-state index contributed by atoms with van der Waals surface area (Å²) in [5.41, 5.74) is -0.398. The zero-order chi connectivity index (χ0) is 15.6. The molecule has 0 saturated carbocycles. The van der Waals surface area contributed by atoms with E-state index in [9.17, 15) is 18.3 Å². The van der Waals surface area contributed by atoms with Crippen molar-refractivity contribution in [2.24, 2.45) is 0 Å². The molecule has 0 radical (unpaired) electrons. The van der Waals surface area contributed by atoms with Crippen LogP contribution in [0.15, 0.2) is 47.4 Å². The van der Waals surface area contributed by atoms with Gasteiger partial charge in [0.05, 0.1) is 0 Å². The normalized spacial score (nSPS) is 11.1. The van der Waals surface area contributed by atoms with Gasteiger partial charge in [-0.1, -0.05) is 29.8 Å². The molecular weight excluding hydrogens is 339 g/mol. The SMILES string of the molecule is O=C(Oc1ccccc1)c1cc(Cl)cc(S(=O)(=O)Cl)c1O. The highest BCUT2D eigenvalue weighted by Crippen LogP contribution is 2.33. The van der Waals surface area contributed by atoms with Gasteiger partial charge in [-0.15, -0.1) is 0 Å². The van der Waals surface area contributed by atoms with E-state index in [0.29, 0.717) is 0 Å². The molecule has 5 nitrogen and oxygen atoms in total. The topological polar surface area (TPSA) is 80.7 Å². The molecule has 0 aliphatic rings. The summed E-state index contributed by atoms with van der Waals surface area (Å²) in [7, 11) is 0.919. The molecule has 0 aromatic heterocycles. The van der Waals surface area contributed by atoms with Crippen LogP contribution in [0, 0.1) is 0 Å². The Morgan fingerprint density at radius 3 is 2.33 bits per heavy atom. The van der Waals surface area contributed by atoms with Gasteiger partial charge in [-0.05, 0) is 24.3 Å². The van der Waals surface area contributed by atoms with Crippen LogP contribution < -0.4 is 4.74 Å². The van der Waals surface area contributed by atoms with Crippen LogP contribution in [0.3, 0.4) is 0 Å². The summed E-state index contributed by atoms with van der Waals surface area (Å²) in [5, 5.41) is 9.80. The minimum atomic E-state index is -4.25. The number of phenolic OH excluding ortho intramolecular Hbond substituents is 1. The van der Waals surface area contributed by atoms with Gasteiger partial charge in [0.25, 0.3) is 9.05 Å². The molecule has 0 atom stereocenters. The first-order valence-electron chi connectivity index (χ1n) is 5.53. The minimum Gasteiger partial charge on any atom is -0.506 e. The molecule has 0 saturated heterocycles. The zero-order valence-corrected chi connectivity index (χ0v) is 12.6. The van der Waals surface area contributed by atoms with Crippen LogP contribution in [0.4, 0.5) is 0 Å². The summed E-state index contributed by atoms with van der Waals surface area (Å²) in [6.07, 6.45) is 0. The van der Waals surface area contributed by atoms with E-state index in [1.807, 2.05) is 0 Å². The molecular formula is C13H8Cl2O5S. The lowest BCUT2D eigenvalue weighted by molar-refractivity contribution is 0.0731. The largest absolute Gasteiger partial charge is 0.506 e. The van der Waals surface area contributed by atoms with Crippen LogP contribution >= 0.6 is 22.3 Å². The molecule has 2 aromatic rings. The monoisotopic (exact) mass is 346 g/mol. The fourth-order valence-corrected chi connectivity index (χ4v) is 2.81. The van der Waals surface area contributed by atoms with Crippen molar-refractivity contribution in [3.63, 3.8) is 0 Å². The van der Waals surface area contributed by atoms with E-state index in [1.165, 1.54) is 12.1 Å². The molecule has 0 amide bonds. The first-order chi connectivity index (χ1) is 9.79. The maximum atomic E-state index is 12.0. The fourth-order valence-electron chi connectivity index (χ4n) is 1.57. The first kappa shape index (κ1) is 15.6. The van der Waals surface area contributed by atoms with Crippen molar-refractivity contribution >= 4 is 37.3 Å². The molecule has 2 rings (SSSR count). The van der Waals surface area contributed by atoms with Crippen molar-refractivity contribution in [3.05, 3.63) is 53.1 Å². The van der Waals surface area contributed by atoms with Gasteiger partial charge in [0.1, 0.15) is 22.0 Å². The molecule has 110 valence electrons. The van der Waals surface area contributed by atoms with Gasteiger partial charge >= 0.3 is 5.97 Å². The Labute approximate surface area is 130 Å². The van der Waals surface area contributed by atoms with Crippen molar-refractivity contribution in [3.8, 4) is 11.5 Å². The van der Waals surface area contributed by atoms with Crippen LogP contribution in [0.1, 0.15) is 10.4 Å². The number of hydrogen-bond donors (Lipinski definition) is 1. The lowest BCUT2D eigenvalue weighted by Crippen LogP contribution is -2.10. The predicted molar refractivity (Wildman–Crippen MR) is 77.6 cm³/mol. The Bertz CT molecular complexity index is 788. The third kappa shape index (κ3) is 3.66. The number of phenols is 1. The number of halogens is 2. The Morgan fingerprint density at radius 1 is 1.14 bits per heavy atom. The summed E-state index contributed by atoms with van der Waals surface area (Å²) in [5.74, 6) is -1.53. The Morgan fingerprint density at radius 2 is 1.76 bits per heavy atom. The number of rotatable bonds is 3. The fraction of sp³-hybridized carbons (Fsp3) is 0. The van der Waals surface area contributed by atoms with Crippen molar-refractivity contribution in [1.82, 2.24) is 0 Å². The number of ether oxygens (including phenoxy) is 1. The Balaban J connectivity index is 2.45. The first-order valence-corrected chi connectivity index (χ1v) is 8.22. The number of carbonyl (C=O) groups is 1. The average molecular weight is 347 g/mol. The third-order valence-corrected chi connectivity index (χ3v) is 4.03. The number of esters is 1. The molecule has 0 aliphatic carbocycles. The van der Waals surface area contributed by atoms with Crippen LogP contribution in [-0.2, 0) is 9.05 Å². The second-order valence-electron chi connectivity index (χ2n) is 3.94. The Hall–Kier alpha value is -1.76. The maximum Gasteiger partial charge on any atom is 0.347 e. The van der Waals surface area contributed by atoms with Crippen molar-refractivity contribution in [2.45, 2.75) is 4.90 Å². The van der Waals surface area contributed by atoms with Crippen LogP contribution in [0.5, 0.6) is 11.5 Å². The highest BCUT2D eigenvalue weighted by Gasteiger charge is 2.24. The highest BCUT2D eigenvalue weighted by molar-refractivity contribution is 8.13. The molecule has 0 fully saturated rings. The Kier molecular flexibility index (Phi) is 4.41. The number of para-hydroxylation sites is 1. The number of hydrogen-bond acceptors (Lipinski definition) is 5. The summed E-state index contributed by atoms with van der Waals surface area (Å²) >= 11 is 5.73. The molecule has 0 aliphatic heterocycles. The zero-order valence-electron chi connectivity index (χ0n) is 10.3. The minimum absolute atomic E-state index is 0.0768. The second-order valence-corrected chi connectivity index (χ2v) is 6.91. The van der Waals surface area contributed by atoms with E-state index in [4.69, 9.17) is 27.0 Å². The van der Waals surface area contributed by atoms with Crippen LogP contribution in [-0.4, -0.2) is 19.5 Å². The van der Waals surface area contributed by atoms with E-state index in [0.717, 1.165) is 12.1 Å². The van der Waals surface area contributed by atoms with Gasteiger partial charge in [-0.3, -0.25) is 0 Å². The standard InChI is InChI=1S/C13H8Cl2O5S/c14-8-6-10(12(16)11(7-8)21(15,18)19)13(17)20-9-4-2-1-3-5-9/h1-7,16H. The van der Waals surface area contributed by atoms with Gasteiger partial charge in [-0.2, -0.15) is 0 Å². The summed E-state index contributed by atoms with van der Waals surface area (Å²) in [6.45, 7) is 0. The molecule has 0 bridgehead atoms. The molecule has 0 heterocycles. The predicted octanol–water partition coefficient (Wildman–Crippen LogP) is 3.19. The van der Waals surface area contributed by atoms with Crippen LogP contribution in [0.2, 0.25) is 5.02 Å². The summed E-state index contributed by atoms with van der Waals surface area (Å²) in [6, 6.07) is 10.1. The molecule has 8 heteroatoms. The summed E-state index contributed by atoms with van der Waals surface area (Å²) < 4.78 is 27.7. The average Bonchev–Trinajstić information content (AvgIpc) is 2.40. The van der Waals surface area contributed by atoms with Gasteiger partial charge in [0, 0.05) is 15.7 Å². The lowest BCUT2D eigenvalue weighted by atomic mass is 10.2. The van der Waals surface area contributed by atoms with Gasteiger partial charge in [0.2, 0.25) is 0 Å². The third-order valence-electron chi connectivity index (χ3n) is 2.48. The molecule has 1 N–H and O–H groups in total. The van der Waals surface area contributed by atoms with E-state index in [2.05, 4.69) is 0 Å². The summed E-state index contributed by atoms with van der Waals surface area (Å²) in [4.78, 5) is 11.3. The number of benzene rings is 2. The van der Waals surface area contributed by atoms with E-state index in [-0.39, 0.29) is 10.8 Å².